The van der Waals surface area contributed by atoms with Crippen molar-refractivity contribution in [2.75, 3.05) is 13.2 Å². The smallest absolute Gasteiger partial charge is 0.220 e. The summed E-state index contributed by atoms with van der Waals surface area (Å²) in [5.74, 6) is 0.545. The summed E-state index contributed by atoms with van der Waals surface area (Å²) in [6.45, 7) is 0.315. The molecule has 0 saturated heterocycles. The van der Waals surface area contributed by atoms with Crippen LogP contribution < -0.4 is 0 Å². The fourth-order valence-corrected chi connectivity index (χ4v) is 2.06. The lowest BCUT2D eigenvalue weighted by Crippen LogP contribution is -2.10. The van der Waals surface area contributed by atoms with E-state index in [1.807, 2.05) is 30.3 Å². The molecule has 0 fully saturated rings. The van der Waals surface area contributed by atoms with Gasteiger partial charge in [-0.2, -0.15) is 0 Å². The molecule has 0 aromatic heterocycles. The van der Waals surface area contributed by atoms with Gasteiger partial charge >= 0.3 is 0 Å². The number of aliphatic hydroxyl groups is 1. The minimum Gasteiger partial charge on any atom is -0.507 e. The van der Waals surface area contributed by atoms with Gasteiger partial charge in [-0.25, -0.2) is 4.99 Å². The largest absolute Gasteiger partial charge is 0.507 e. The molecule has 1 aliphatic heterocycles. The molecule has 1 atom stereocenters. The molecule has 4 nitrogen and oxygen atoms in total. The van der Waals surface area contributed by atoms with Crippen LogP contribution in [0, 0.1) is 0 Å². The highest BCUT2D eigenvalue weighted by molar-refractivity contribution is 6.02. The van der Waals surface area contributed by atoms with E-state index >= 15 is 0 Å². The maximum atomic E-state index is 10.0. The maximum Gasteiger partial charge on any atom is 0.220 e. The van der Waals surface area contributed by atoms with Crippen LogP contribution in [0.15, 0.2) is 41.4 Å². The van der Waals surface area contributed by atoms with E-state index in [0.717, 1.165) is 10.8 Å². The first-order valence-corrected chi connectivity index (χ1v) is 5.81. The lowest BCUT2D eigenvalue weighted by atomic mass is 10.1. The zero-order valence-electron chi connectivity index (χ0n) is 9.71. The molecule has 4 heteroatoms. The minimum absolute atomic E-state index is 0.0438. The second kappa shape index (κ2) is 4.31. The first kappa shape index (κ1) is 11.0. The van der Waals surface area contributed by atoms with Crippen molar-refractivity contribution in [3.8, 4) is 5.75 Å². The fraction of sp³-hybridized carbons (Fsp3) is 0.214. The molecule has 0 radical (unpaired) electrons. The van der Waals surface area contributed by atoms with E-state index in [1.54, 1.807) is 6.07 Å². The summed E-state index contributed by atoms with van der Waals surface area (Å²) in [6, 6.07) is 11.1. The van der Waals surface area contributed by atoms with Crippen molar-refractivity contribution in [1.29, 1.82) is 0 Å². The molecule has 2 N–H and O–H groups in total. The number of fused-ring (bicyclic) bond motifs is 1. The molecule has 18 heavy (non-hydrogen) atoms. The Morgan fingerprint density at radius 3 is 2.61 bits per heavy atom. The van der Waals surface area contributed by atoms with E-state index in [1.165, 1.54) is 0 Å². The highest BCUT2D eigenvalue weighted by atomic mass is 16.5. The molecule has 0 saturated carbocycles. The van der Waals surface area contributed by atoms with Gasteiger partial charge in [0.05, 0.1) is 12.2 Å². The number of hydrogen-bond donors (Lipinski definition) is 2. The highest BCUT2D eigenvalue weighted by Crippen LogP contribution is 2.27. The van der Waals surface area contributed by atoms with Crippen LogP contribution in [0.5, 0.6) is 5.75 Å². The van der Waals surface area contributed by atoms with Crippen molar-refractivity contribution in [2.24, 2.45) is 4.99 Å². The monoisotopic (exact) mass is 243 g/mol. The predicted molar refractivity (Wildman–Crippen MR) is 69.0 cm³/mol. The van der Waals surface area contributed by atoms with Crippen LogP contribution in [0.2, 0.25) is 0 Å². The predicted octanol–water partition coefficient (Wildman–Crippen LogP) is 1.68. The second-order valence-corrected chi connectivity index (χ2v) is 4.30. The molecule has 0 amide bonds. The Morgan fingerprint density at radius 2 is 1.94 bits per heavy atom. The molecule has 1 heterocycles. The quantitative estimate of drug-likeness (QED) is 0.843. The second-order valence-electron chi connectivity index (χ2n) is 4.30. The summed E-state index contributed by atoms with van der Waals surface area (Å²) < 4.78 is 5.40. The average Bonchev–Trinajstić information content (AvgIpc) is 2.86. The molecule has 1 aliphatic rings. The Labute approximate surface area is 104 Å². The number of ether oxygens (including phenoxy) is 1. The molecule has 2 aromatic rings. The standard InChI is InChI=1S/C14H13NO3/c16-7-11-8-18-14(15-11)12-5-9-3-1-2-4-10(9)6-13(12)17/h1-6,11,16-17H,7-8H2/t11-/m0/s1. The van der Waals surface area contributed by atoms with Gasteiger partial charge in [0.1, 0.15) is 18.4 Å². The van der Waals surface area contributed by atoms with Gasteiger partial charge in [-0.05, 0) is 22.9 Å². The minimum atomic E-state index is -0.231. The van der Waals surface area contributed by atoms with Crippen molar-refractivity contribution in [3.63, 3.8) is 0 Å². The molecule has 2 aromatic carbocycles. The number of aromatic hydroxyl groups is 1. The fourth-order valence-electron chi connectivity index (χ4n) is 2.06. The van der Waals surface area contributed by atoms with Gasteiger partial charge in [0.25, 0.3) is 0 Å². The normalized spacial score (nSPS) is 18.7. The third-order valence-corrected chi connectivity index (χ3v) is 3.02. The summed E-state index contributed by atoms with van der Waals surface area (Å²) in [4.78, 5) is 4.23. The first-order chi connectivity index (χ1) is 8.78. The number of phenolic OH excluding ortho intramolecular Hbond substituents is 1. The average molecular weight is 243 g/mol. The Kier molecular flexibility index (Phi) is 2.64. The summed E-state index contributed by atoms with van der Waals surface area (Å²) in [5.41, 5.74) is 0.574. The molecule has 0 aliphatic carbocycles. The lowest BCUT2D eigenvalue weighted by Gasteiger charge is -2.06. The number of aliphatic hydroxyl groups excluding tert-OH is 1. The lowest BCUT2D eigenvalue weighted by molar-refractivity contribution is 0.227. The Bertz CT molecular complexity index is 621. The Balaban J connectivity index is 2.09. The molecule has 3 rings (SSSR count). The van der Waals surface area contributed by atoms with Crippen LogP contribution in [0.1, 0.15) is 5.56 Å². The number of nitrogens with zero attached hydrogens (tertiary/aromatic N) is 1. The summed E-state index contributed by atoms with van der Waals surface area (Å²) in [5, 5.41) is 21.0. The van der Waals surface area contributed by atoms with Crippen molar-refractivity contribution >= 4 is 16.7 Å². The van der Waals surface area contributed by atoms with Gasteiger partial charge in [-0.1, -0.05) is 24.3 Å². The van der Waals surface area contributed by atoms with E-state index in [9.17, 15) is 5.11 Å². The first-order valence-electron chi connectivity index (χ1n) is 5.81. The van der Waals surface area contributed by atoms with Crippen LogP contribution in [-0.4, -0.2) is 35.4 Å². The topological polar surface area (TPSA) is 62.0 Å². The summed E-state index contributed by atoms with van der Waals surface area (Å²) in [6.07, 6.45) is 0. The number of aliphatic imine (C=N–C) groups is 1. The zero-order chi connectivity index (χ0) is 12.5. The van der Waals surface area contributed by atoms with Crippen LogP contribution >= 0.6 is 0 Å². The van der Waals surface area contributed by atoms with E-state index in [4.69, 9.17) is 9.84 Å². The molecular formula is C14H13NO3. The van der Waals surface area contributed by atoms with Gasteiger partial charge in [-0.3, -0.25) is 0 Å². The zero-order valence-corrected chi connectivity index (χ0v) is 9.71. The molecule has 0 unspecified atom stereocenters. The van der Waals surface area contributed by atoms with Gasteiger partial charge in [0, 0.05) is 0 Å². The number of phenols is 1. The van der Waals surface area contributed by atoms with E-state index < -0.39 is 0 Å². The molecule has 92 valence electrons. The summed E-state index contributed by atoms with van der Waals surface area (Å²) in [7, 11) is 0. The van der Waals surface area contributed by atoms with Gasteiger partial charge in [0.15, 0.2) is 0 Å². The Hall–Kier alpha value is -2.07. The van der Waals surface area contributed by atoms with Gasteiger partial charge < -0.3 is 14.9 Å². The van der Waals surface area contributed by atoms with Crippen molar-refractivity contribution < 1.29 is 14.9 Å². The van der Waals surface area contributed by atoms with Crippen LogP contribution in [0.25, 0.3) is 10.8 Å². The third-order valence-electron chi connectivity index (χ3n) is 3.02. The number of hydrogen-bond acceptors (Lipinski definition) is 4. The van der Waals surface area contributed by atoms with Crippen molar-refractivity contribution in [1.82, 2.24) is 0 Å². The molecule has 0 bridgehead atoms. The Morgan fingerprint density at radius 1 is 1.22 bits per heavy atom. The van der Waals surface area contributed by atoms with E-state index in [0.29, 0.717) is 18.1 Å². The number of benzene rings is 2. The van der Waals surface area contributed by atoms with E-state index in [-0.39, 0.29) is 18.4 Å². The number of rotatable bonds is 2. The van der Waals surface area contributed by atoms with Crippen LogP contribution in [-0.2, 0) is 4.74 Å². The molecule has 0 spiro atoms. The maximum absolute atomic E-state index is 10.0. The van der Waals surface area contributed by atoms with Crippen LogP contribution in [0.3, 0.4) is 0 Å². The SMILES string of the molecule is OC[C@H]1COC(c2cc3ccccc3cc2O)=N1. The van der Waals surface area contributed by atoms with Gasteiger partial charge in [-0.15, -0.1) is 0 Å². The summed E-state index contributed by atoms with van der Waals surface area (Å²) >= 11 is 0. The molecular weight excluding hydrogens is 230 g/mol. The van der Waals surface area contributed by atoms with E-state index in [2.05, 4.69) is 4.99 Å². The van der Waals surface area contributed by atoms with Gasteiger partial charge in [0.2, 0.25) is 5.90 Å². The third kappa shape index (κ3) is 1.80. The highest BCUT2D eigenvalue weighted by Gasteiger charge is 2.21. The van der Waals surface area contributed by atoms with Crippen LogP contribution in [0.4, 0.5) is 0 Å². The van der Waals surface area contributed by atoms with Crippen molar-refractivity contribution in [2.45, 2.75) is 6.04 Å². The van der Waals surface area contributed by atoms with Crippen molar-refractivity contribution in [3.05, 3.63) is 42.0 Å².